The first-order chi connectivity index (χ1) is 11.4. The maximum atomic E-state index is 11.9. The van der Waals surface area contributed by atoms with Crippen LogP contribution in [-0.2, 0) is 20.7 Å². The Hall–Kier alpha value is -2.81. The van der Waals surface area contributed by atoms with Crippen LogP contribution in [0.4, 0.5) is 0 Å². The van der Waals surface area contributed by atoms with E-state index in [1.165, 1.54) is 0 Å². The van der Waals surface area contributed by atoms with Crippen LogP contribution in [-0.4, -0.2) is 29.0 Å². The minimum Gasteiger partial charge on any atom is -0.455 e. The summed E-state index contributed by atoms with van der Waals surface area (Å²) >= 11 is 0. The Morgan fingerprint density at radius 1 is 1.38 bits per heavy atom. The average molecular weight is 327 g/mol. The number of benzene rings is 1. The van der Waals surface area contributed by atoms with Gasteiger partial charge in [-0.25, -0.2) is 0 Å². The van der Waals surface area contributed by atoms with Crippen molar-refractivity contribution in [2.24, 2.45) is 5.92 Å². The molecule has 0 fully saturated rings. The summed E-state index contributed by atoms with van der Waals surface area (Å²) in [5.41, 5.74) is 0.778. The maximum absolute atomic E-state index is 11.9. The molecule has 1 aromatic carbocycles. The zero-order chi connectivity index (χ0) is 17.7. The van der Waals surface area contributed by atoms with E-state index in [-0.39, 0.29) is 12.3 Å². The van der Waals surface area contributed by atoms with E-state index in [2.05, 4.69) is 16.4 Å². The largest absolute Gasteiger partial charge is 0.455 e. The van der Waals surface area contributed by atoms with Crippen molar-refractivity contribution < 1.29 is 14.3 Å². The van der Waals surface area contributed by atoms with Gasteiger partial charge in [0.2, 0.25) is 0 Å². The van der Waals surface area contributed by atoms with Crippen LogP contribution in [0.2, 0.25) is 0 Å². The fourth-order valence-electron chi connectivity index (χ4n) is 2.26. The highest BCUT2D eigenvalue weighted by Crippen LogP contribution is 2.18. The van der Waals surface area contributed by atoms with E-state index in [1.54, 1.807) is 13.1 Å². The van der Waals surface area contributed by atoms with Gasteiger partial charge < -0.3 is 15.0 Å². The number of esters is 1. The number of rotatable bonds is 6. The summed E-state index contributed by atoms with van der Waals surface area (Å²) in [6.07, 6.45) is 1.84. The van der Waals surface area contributed by atoms with Crippen molar-refractivity contribution in [3.63, 3.8) is 0 Å². The highest BCUT2D eigenvalue weighted by atomic mass is 16.5. The van der Waals surface area contributed by atoms with Crippen molar-refractivity contribution in [2.45, 2.75) is 32.7 Å². The third-order valence-corrected chi connectivity index (χ3v) is 4.16. The number of amides is 1. The summed E-state index contributed by atoms with van der Waals surface area (Å²) in [6.45, 7) is 4.92. The second-order valence-electron chi connectivity index (χ2n) is 6.21. The Bertz CT molecular complexity index is 788. The first-order valence-corrected chi connectivity index (χ1v) is 7.78. The first kappa shape index (κ1) is 17.5. The highest BCUT2D eigenvalue weighted by Gasteiger charge is 2.30. The molecule has 0 aliphatic heterocycles. The molecule has 0 spiro atoms. The van der Waals surface area contributed by atoms with Gasteiger partial charge in [0.1, 0.15) is 5.54 Å². The van der Waals surface area contributed by atoms with Gasteiger partial charge in [-0.3, -0.25) is 9.59 Å². The number of H-pyrrole nitrogens is 1. The number of nitrogens with one attached hydrogen (secondary N) is 2. The van der Waals surface area contributed by atoms with Gasteiger partial charge in [0.05, 0.1) is 12.5 Å². The summed E-state index contributed by atoms with van der Waals surface area (Å²) in [5, 5.41) is 12.7. The number of carbonyl (C=O) groups is 2. The Morgan fingerprint density at radius 2 is 2.08 bits per heavy atom. The number of para-hydroxylation sites is 1. The number of carbonyl (C=O) groups excluding carboxylic acids is 2. The molecular weight excluding hydrogens is 306 g/mol. The number of hydrogen-bond acceptors (Lipinski definition) is 4. The third kappa shape index (κ3) is 3.93. The van der Waals surface area contributed by atoms with Crippen LogP contribution >= 0.6 is 0 Å². The first-order valence-electron chi connectivity index (χ1n) is 7.78. The molecule has 2 aromatic rings. The molecule has 2 N–H and O–H groups in total. The van der Waals surface area contributed by atoms with Gasteiger partial charge in [-0.05, 0) is 24.5 Å². The fourth-order valence-corrected chi connectivity index (χ4v) is 2.26. The molecule has 2 rings (SSSR count). The standard InChI is InChI=1S/C18H21N3O3/c1-12(2)18(3,11-19)21-16(22)10-24-17(23)8-13-9-20-15-7-5-4-6-14(13)15/h4-7,9,12,20H,8,10H2,1-3H3,(H,21,22)/t18-/m1/s1. The van der Waals surface area contributed by atoms with Gasteiger partial charge in [-0.15, -0.1) is 0 Å². The van der Waals surface area contributed by atoms with Crippen LogP contribution in [0.5, 0.6) is 0 Å². The van der Waals surface area contributed by atoms with E-state index in [9.17, 15) is 14.9 Å². The second kappa shape index (κ2) is 7.18. The molecule has 0 unspecified atom stereocenters. The minimum absolute atomic E-state index is 0.0617. The van der Waals surface area contributed by atoms with Crippen molar-refractivity contribution in [3.8, 4) is 6.07 Å². The molecule has 1 atom stereocenters. The van der Waals surface area contributed by atoms with Crippen LogP contribution in [0.1, 0.15) is 26.3 Å². The van der Waals surface area contributed by atoms with Crippen molar-refractivity contribution in [1.29, 1.82) is 5.26 Å². The highest BCUT2D eigenvalue weighted by molar-refractivity contribution is 5.88. The minimum atomic E-state index is -0.986. The molecule has 0 bridgehead atoms. The number of nitriles is 1. The Kier molecular flexibility index (Phi) is 5.24. The summed E-state index contributed by atoms with van der Waals surface area (Å²) in [7, 11) is 0. The van der Waals surface area contributed by atoms with Crippen LogP contribution in [0, 0.1) is 17.2 Å². The molecule has 6 nitrogen and oxygen atoms in total. The van der Waals surface area contributed by atoms with Crippen molar-refractivity contribution in [3.05, 3.63) is 36.0 Å². The summed E-state index contributed by atoms with van der Waals surface area (Å²) in [5.74, 6) is -1.04. The zero-order valence-corrected chi connectivity index (χ0v) is 14.1. The molecule has 1 heterocycles. The Balaban J connectivity index is 1.89. The van der Waals surface area contributed by atoms with Crippen LogP contribution in [0.15, 0.2) is 30.5 Å². The van der Waals surface area contributed by atoms with E-state index >= 15 is 0 Å². The number of hydrogen-bond donors (Lipinski definition) is 2. The third-order valence-electron chi connectivity index (χ3n) is 4.16. The van der Waals surface area contributed by atoms with E-state index in [4.69, 9.17) is 4.74 Å². The molecule has 0 radical (unpaired) electrons. The van der Waals surface area contributed by atoms with Gasteiger partial charge in [0.15, 0.2) is 6.61 Å². The molecule has 24 heavy (non-hydrogen) atoms. The van der Waals surface area contributed by atoms with Gasteiger partial charge in [-0.2, -0.15) is 5.26 Å². The summed E-state index contributed by atoms with van der Waals surface area (Å²) in [4.78, 5) is 26.9. The van der Waals surface area contributed by atoms with Crippen LogP contribution < -0.4 is 5.32 Å². The Labute approximate surface area is 140 Å². The van der Waals surface area contributed by atoms with Crippen LogP contribution in [0.25, 0.3) is 10.9 Å². The number of aromatic nitrogens is 1. The quantitative estimate of drug-likeness (QED) is 0.796. The molecule has 0 aliphatic carbocycles. The van der Waals surface area contributed by atoms with E-state index in [0.717, 1.165) is 16.5 Å². The lowest BCUT2D eigenvalue weighted by atomic mass is 9.90. The second-order valence-corrected chi connectivity index (χ2v) is 6.21. The summed E-state index contributed by atoms with van der Waals surface area (Å²) in [6, 6.07) is 9.72. The van der Waals surface area contributed by atoms with Gasteiger partial charge in [0.25, 0.3) is 5.91 Å². The van der Waals surface area contributed by atoms with E-state index in [0.29, 0.717) is 0 Å². The number of fused-ring (bicyclic) bond motifs is 1. The van der Waals surface area contributed by atoms with E-state index < -0.39 is 24.0 Å². The van der Waals surface area contributed by atoms with Crippen molar-refractivity contribution in [2.75, 3.05) is 6.61 Å². The fraction of sp³-hybridized carbons (Fsp3) is 0.389. The lowest BCUT2D eigenvalue weighted by Crippen LogP contribution is -2.50. The van der Waals surface area contributed by atoms with E-state index in [1.807, 2.05) is 38.1 Å². The predicted octanol–water partition coefficient (Wildman–Crippen LogP) is 2.31. The molecule has 6 heteroatoms. The molecule has 1 amide bonds. The topological polar surface area (TPSA) is 95.0 Å². The maximum Gasteiger partial charge on any atom is 0.310 e. The molecule has 0 aliphatic rings. The lowest BCUT2D eigenvalue weighted by molar-refractivity contribution is -0.148. The van der Waals surface area contributed by atoms with Gasteiger partial charge in [0, 0.05) is 17.1 Å². The molecule has 0 saturated carbocycles. The van der Waals surface area contributed by atoms with Gasteiger partial charge in [-0.1, -0.05) is 32.0 Å². The van der Waals surface area contributed by atoms with Crippen molar-refractivity contribution in [1.82, 2.24) is 10.3 Å². The van der Waals surface area contributed by atoms with Gasteiger partial charge >= 0.3 is 5.97 Å². The smallest absolute Gasteiger partial charge is 0.310 e. The number of aromatic amines is 1. The molecule has 1 aromatic heterocycles. The predicted molar refractivity (Wildman–Crippen MR) is 90.0 cm³/mol. The Morgan fingerprint density at radius 3 is 2.75 bits per heavy atom. The summed E-state index contributed by atoms with van der Waals surface area (Å²) < 4.78 is 5.02. The average Bonchev–Trinajstić information content (AvgIpc) is 2.96. The number of ether oxygens (including phenoxy) is 1. The zero-order valence-electron chi connectivity index (χ0n) is 14.1. The monoisotopic (exact) mass is 327 g/mol. The SMILES string of the molecule is CC(C)[C@@](C)(C#N)NC(=O)COC(=O)Cc1c[nH]c2ccccc12. The molecular formula is C18H21N3O3. The normalized spacial score (nSPS) is 13.3. The number of nitrogens with zero attached hydrogens (tertiary/aromatic N) is 1. The lowest BCUT2D eigenvalue weighted by Gasteiger charge is -2.27. The van der Waals surface area contributed by atoms with Crippen LogP contribution in [0.3, 0.4) is 0 Å². The molecule has 126 valence electrons. The van der Waals surface area contributed by atoms with Crippen molar-refractivity contribution >= 4 is 22.8 Å². The molecule has 0 saturated heterocycles.